The van der Waals surface area contributed by atoms with Crippen molar-refractivity contribution in [2.45, 2.75) is 44.3 Å². The van der Waals surface area contributed by atoms with Gasteiger partial charge in [-0.1, -0.05) is 36.4 Å². The maximum Gasteiger partial charge on any atom is 0.251 e. The summed E-state index contributed by atoms with van der Waals surface area (Å²) in [6.45, 7) is 3.91. The molecule has 2 aromatic heterocycles. The number of benzene rings is 1. The van der Waals surface area contributed by atoms with Crippen LogP contribution in [0.2, 0.25) is 0 Å². The zero-order valence-electron chi connectivity index (χ0n) is 20.4. The number of anilines is 2. The Hall–Kier alpha value is -4.12. The molecule has 11 nitrogen and oxygen atoms in total. The molecular weight excluding hydrogens is 458 g/mol. The van der Waals surface area contributed by atoms with Crippen molar-refractivity contribution in [3.8, 4) is 11.4 Å². The zero-order valence-corrected chi connectivity index (χ0v) is 20.4. The summed E-state index contributed by atoms with van der Waals surface area (Å²) in [6.07, 6.45) is 7.22. The molecule has 2 atom stereocenters. The summed E-state index contributed by atoms with van der Waals surface area (Å²) in [5.74, 6) is 1.29. The van der Waals surface area contributed by atoms with Crippen LogP contribution >= 0.6 is 0 Å². The highest BCUT2D eigenvalue weighted by Crippen LogP contribution is 2.33. The van der Waals surface area contributed by atoms with Gasteiger partial charge in [0.15, 0.2) is 5.82 Å². The maximum absolute atomic E-state index is 12.7. The van der Waals surface area contributed by atoms with Gasteiger partial charge in [0.25, 0.3) is 5.91 Å². The van der Waals surface area contributed by atoms with E-state index in [1.54, 1.807) is 13.2 Å². The average molecular weight is 488 g/mol. The van der Waals surface area contributed by atoms with E-state index in [4.69, 9.17) is 4.98 Å². The molecular formula is C25H29N9O2. The quantitative estimate of drug-likeness (QED) is 0.394. The van der Waals surface area contributed by atoms with Gasteiger partial charge in [0.2, 0.25) is 5.95 Å². The molecule has 0 radical (unpaired) electrons. The molecule has 1 aromatic carbocycles. The van der Waals surface area contributed by atoms with Crippen LogP contribution in [0.15, 0.2) is 59.8 Å². The third-order valence-electron chi connectivity index (χ3n) is 6.32. The number of piperidine rings is 1. The molecule has 4 N–H and O–H groups in total. The van der Waals surface area contributed by atoms with E-state index < -0.39 is 6.04 Å². The van der Waals surface area contributed by atoms with Gasteiger partial charge in [0.1, 0.15) is 5.82 Å². The van der Waals surface area contributed by atoms with Gasteiger partial charge in [-0.2, -0.15) is 4.98 Å². The molecule has 0 spiro atoms. The number of amides is 1. The van der Waals surface area contributed by atoms with Gasteiger partial charge in [-0.15, -0.1) is 5.10 Å². The van der Waals surface area contributed by atoms with E-state index in [2.05, 4.69) is 42.5 Å². The minimum Gasteiger partial charge on any atom is -0.394 e. The van der Waals surface area contributed by atoms with Gasteiger partial charge in [-0.05, 0) is 54.3 Å². The molecule has 36 heavy (non-hydrogen) atoms. The van der Waals surface area contributed by atoms with E-state index in [9.17, 15) is 9.90 Å². The second-order valence-corrected chi connectivity index (χ2v) is 9.68. The highest BCUT2D eigenvalue weighted by molar-refractivity contribution is 6.00. The smallest absolute Gasteiger partial charge is 0.251 e. The second kappa shape index (κ2) is 9.50. The zero-order chi connectivity index (χ0) is 25.3. The van der Waals surface area contributed by atoms with Gasteiger partial charge in [-0.25, -0.2) is 9.67 Å². The van der Waals surface area contributed by atoms with Gasteiger partial charge in [-0.3, -0.25) is 4.79 Å². The minimum absolute atomic E-state index is 0.0638. The first-order chi connectivity index (χ1) is 17.3. The van der Waals surface area contributed by atoms with Crippen molar-refractivity contribution in [3.63, 3.8) is 0 Å². The van der Waals surface area contributed by atoms with Crippen LogP contribution in [0.3, 0.4) is 0 Å². The molecule has 5 rings (SSSR count). The van der Waals surface area contributed by atoms with Crippen LogP contribution in [0, 0.1) is 0 Å². The number of fused-ring (bicyclic) bond motifs is 1. The molecule has 11 heteroatoms. The maximum atomic E-state index is 12.7. The van der Waals surface area contributed by atoms with Crippen molar-refractivity contribution in [2.24, 2.45) is 7.05 Å². The largest absolute Gasteiger partial charge is 0.394 e. The SMILES string of the molecule is Cn1nnnc1-c1cnc(NC2C=C3C(=O)NC(C)(C)CC3=CC2)nc1N[C@H](CO)c1ccccc1. The number of carbonyl (C=O) groups is 1. The summed E-state index contributed by atoms with van der Waals surface area (Å²) in [4.78, 5) is 21.9. The van der Waals surface area contributed by atoms with Crippen molar-refractivity contribution < 1.29 is 9.90 Å². The molecule has 0 saturated carbocycles. The Morgan fingerprint density at radius 1 is 1.28 bits per heavy atom. The number of carbonyl (C=O) groups excluding carboxylic acids is 1. The van der Waals surface area contributed by atoms with E-state index in [-0.39, 0.29) is 24.1 Å². The highest BCUT2D eigenvalue weighted by Gasteiger charge is 2.34. The molecule has 1 saturated heterocycles. The number of rotatable bonds is 7. The molecule has 2 aliphatic rings. The molecule has 1 amide bonds. The van der Waals surface area contributed by atoms with E-state index >= 15 is 0 Å². The van der Waals surface area contributed by atoms with E-state index in [1.807, 2.05) is 50.3 Å². The van der Waals surface area contributed by atoms with E-state index in [0.717, 1.165) is 17.6 Å². The van der Waals surface area contributed by atoms with E-state index in [0.29, 0.717) is 35.1 Å². The molecule has 0 bridgehead atoms. The first-order valence-electron chi connectivity index (χ1n) is 11.9. The second-order valence-electron chi connectivity index (χ2n) is 9.68. The third kappa shape index (κ3) is 4.82. The summed E-state index contributed by atoms with van der Waals surface area (Å²) < 4.78 is 1.54. The average Bonchev–Trinajstić information content (AvgIpc) is 3.28. The molecule has 1 unspecified atom stereocenters. The van der Waals surface area contributed by atoms with Crippen molar-refractivity contribution in [1.29, 1.82) is 0 Å². The number of hydrogen-bond donors (Lipinski definition) is 4. The lowest BCUT2D eigenvalue weighted by atomic mass is 9.81. The van der Waals surface area contributed by atoms with Crippen LogP contribution in [-0.4, -0.2) is 59.4 Å². The summed E-state index contributed by atoms with van der Waals surface area (Å²) in [5, 5.41) is 31.6. The first-order valence-corrected chi connectivity index (χ1v) is 11.9. The number of aromatic nitrogens is 6. The molecule has 1 aliphatic heterocycles. The summed E-state index contributed by atoms with van der Waals surface area (Å²) >= 11 is 0. The lowest BCUT2D eigenvalue weighted by Crippen LogP contribution is -2.49. The van der Waals surface area contributed by atoms with Crippen LogP contribution in [0.1, 0.15) is 38.3 Å². The first kappa shape index (κ1) is 23.6. The monoisotopic (exact) mass is 487 g/mol. The van der Waals surface area contributed by atoms with Gasteiger partial charge in [0, 0.05) is 24.4 Å². The van der Waals surface area contributed by atoms with Crippen LogP contribution in [-0.2, 0) is 11.8 Å². The Labute approximate surface area is 208 Å². The standard InChI is InChI=1S/C25H29N9O2/c1-25(2)12-16-9-10-17(11-18(16)23(36)30-25)27-24-26-13-19(22-31-32-33-34(22)3)21(29-24)28-20(14-35)15-7-5-4-6-8-15/h4-9,11,13,17,20,35H,10,12,14H2,1-3H3,(H,30,36)(H2,26,27,28,29)/t17?,20-/m1/s1. The Morgan fingerprint density at radius 2 is 2.08 bits per heavy atom. The highest BCUT2D eigenvalue weighted by atomic mass is 16.3. The van der Waals surface area contributed by atoms with Crippen molar-refractivity contribution in [3.05, 3.63) is 65.4 Å². The topological polar surface area (TPSA) is 143 Å². The predicted molar refractivity (Wildman–Crippen MR) is 135 cm³/mol. The Bertz CT molecular complexity index is 1330. The molecule has 3 heterocycles. The summed E-state index contributed by atoms with van der Waals surface area (Å²) in [6, 6.07) is 9.09. The third-order valence-corrected chi connectivity index (χ3v) is 6.32. The van der Waals surface area contributed by atoms with Gasteiger partial charge < -0.3 is 21.1 Å². The normalized spacial score (nSPS) is 19.4. The van der Waals surface area contributed by atoms with Crippen LogP contribution < -0.4 is 16.0 Å². The number of aryl methyl sites for hydroxylation is 1. The summed E-state index contributed by atoms with van der Waals surface area (Å²) in [5.41, 5.74) is 3.03. The lowest BCUT2D eigenvalue weighted by molar-refractivity contribution is -0.119. The van der Waals surface area contributed by atoms with Crippen molar-refractivity contribution in [2.75, 3.05) is 17.2 Å². The number of tetrazole rings is 1. The minimum atomic E-state index is -0.398. The predicted octanol–water partition coefficient (Wildman–Crippen LogP) is 2.15. The Kier molecular flexibility index (Phi) is 6.23. The number of aliphatic hydroxyl groups is 1. The number of hydrogen-bond acceptors (Lipinski definition) is 9. The van der Waals surface area contributed by atoms with Crippen molar-refractivity contribution in [1.82, 2.24) is 35.5 Å². The molecule has 186 valence electrons. The summed E-state index contributed by atoms with van der Waals surface area (Å²) in [7, 11) is 1.74. The van der Waals surface area contributed by atoms with Gasteiger partial charge in [0.05, 0.1) is 24.3 Å². The molecule has 1 aliphatic carbocycles. The fourth-order valence-electron chi connectivity index (χ4n) is 4.57. The van der Waals surface area contributed by atoms with Gasteiger partial charge >= 0.3 is 0 Å². The molecule has 3 aromatic rings. The van der Waals surface area contributed by atoms with E-state index in [1.165, 1.54) is 4.68 Å². The van der Waals surface area contributed by atoms with Crippen molar-refractivity contribution >= 4 is 17.7 Å². The van der Waals surface area contributed by atoms with Crippen LogP contribution in [0.25, 0.3) is 11.4 Å². The number of aliphatic hydroxyl groups excluding tert-OH is 1. The number of nitrogens with one attached hydrogen (secondary N) is 3. The molecule has 1 fully saturated rings. The Morgan fingerprint density at radius 3 is 2.81 bits per heavy atom. The fourth-order valence-corrected chi connectivity index (χ4v) is 4.57. The number of nitrogens with zero attached hydrogens (tertiary/aromatic N) is 6. The van der Waals surface area contributed by atoms with Crippen LogP contribution in [0.4, 0.5) is 11.8 Å². The fraction of sp³-hybridized carbons (Fsp3) is 0.360. The van der Waals surface area contributed by atoms with Crippen LogP contribution in [0.5, 0.6) is 0 Å². The Balaban J connectivity index is 1.43. The lowest BCUT2D eigenvalue weighted by Gasteiger charge is -2.36.